The lowest BCUT2D eigenvalue weighted by Crippen LogP contribution is -2.17. The zero-order valence-electron chi connectivity index (χ0n) is 14.3. The van der Waals surface area contributed by atoms with Crippen molar-refractivity contribution in [3.05, 3.63) is 58.9 Å². The van der Waals surface area contributed by atoms with E-state index in [1.165, 1.54) is 6.07 Å². The predicted molar refractivity (Wildman–Crippen MR) is 101 cm³/mol. The summed E-state index contributed by atoms with van der Waals surface area (Å²) in [5.74, 6) is 0. The SMILES string of the molecule is CNc1cccc(-c2cc(=O)n(-c3ccc(S(=O)(=O)O)cc3S(=O)(=O)O)[nH]2)c1. The van der Waals surface area contributed by atoms with Crippen LogP contribution >= 0.6 is 0 Å². The molecule has 0 spiro atoms. The minimum absolute atomic E-state index is 0.309. The fraction of sp³-hybridized carbons (Fsp3) is 0.0625. The van der Waals surface area contributed by atoms with Crippen molar-refractivity contribution in [2.45, 2.75) is 9.79 Å². The number of nitrogens with zero attached hydrogens (tertiary/aromatic N) is 1. The van der Waals surface area contributed by atoms with Gasteiger partial charge >= 0.3 is 0 Å². The Morgan fingerprint density at radius 1 is 0.964 bits per heavy atom. The van der Waals surface area contributed by atoms with E-state index in [-0.39, 0.29) is 5.69 Å². The van der Waals surface area contributed by atoms with E-state index in [0.29, 0.717) is 17.3 Å². The van der Waals surface area contributed by atoms with E-state index >= 15 is 0 Å². The van der Waals surface area contributed by atoms with Crippen molar-refractivity contribution in [3.63, 3.8) is 0 Å². The van der Waals surface area contributed by atoms with Gasteiger partial charge in [0, 0.05) is 24.4 Å². The zero-order chi connectivity index (χ0) is 20.7. The topological polar surface area (TPSA) is 159 Å². The molecule has 0 aliphatic heterocycles. The Morgan fingerprint density at radius 2 is 1.68 bits per heavy atom. The first-order chi connectivity index (χ1) is 13.0. The third kappa shape index (κ3) is 3.84. The molecular formula is C16H15N3O7S2. The molecule has 28 heavy (non-hydrogen) atoms. The first-order valence-electron chi connectivity index (χ1n) is 7.70. The van der Waals surface area contributed by atoms with Gasteiger partial charge in [-0.2, -0.15) is 16.8 Å². The van der Waals surface area contributed by atoms with Crippen LogP contribution in [0.4, 0.5) is 5.69 Å². The van der Waals surface area contributed by atoms with E-state index in [2.05, 4.69) is 10.4 Å². The Bertz CT molecular complexity index is 1320. The summed E-state index contributed by atoms with van der Waals surface area (Å²) in [6.07, 6.45) is 0. The predicted octanol–water partition coefficient (Wildman–Crippen LogP) is 1.37. The average Bonchev–Trinajstić information content (AvgIpc) is 3.01. The molecule has 148 valence electrons. The molecule has 2 aromatic carbocycles. The summed E-state index contributed by atoms with van der Waals surface area (Å²) in [5, 5.41) is 5.67. The average molecular weight is 425 g/mol. The number of nitrogens with one attached hydrogen (secondary N) is 2. The van der Waals surface area contributed by atoms with Crippen LogP contribution in [0.5, 0.6) is 0 Å². The minimum atomic E-state index is -4.91. The van der Waals surface area contributed by atoms with E-state index in [9.17, 15) is 26.2 Å². The highest BCUT2D eigenvalue weighted by Crippen LogP contribution is 2.25. The van der Waals surface area contributed by atoms with Gasteiger partial charge in [-0.15, -0.1) is 0 Å². The maximum atomic E-state index is 12.4. The molecule has 0 unspecified atom stereocenters. The molecule has 10 nitrogen and oxygen atoms in total. The number of rotatable bonds is 5. The normalized spacial score (nSPS) is 12.1. The molecule has 0 fully saturated rings. The summed E-state index contributed by atoms with van der Waals surface area (Å²) in [6.45, 7) is 0. The van der Waals surface area contributed by atoms with Crippen LogP contribution in [-0.2, 0) is 20.2 Å². The summed E-state index contributed by atoms with van der Waals surface area (Å²) < 4.78 is 65.4. The van der Waals surface area contributed by atoms with Gasteiger partial charge in [0.1, 0.15) is 4.90 Å². The molecule has 0 aliphatic carbocycles. The Kier molecular flexibility index (Phi) is 4.89. The molecule has 3 aromatic rings. The highest BCUT2D eigenvalue weighted by molar-refractivity contribution is 7.86. The van der Waals surface area contributed by atoms with Gasteiger partial charge in [0.2, 0.25) is 0 Å². The maximum absolute atomic E-state index is 12.4. The van der Waals surface area contributed by atoms with Crippen LogP contribution in [0.25, 0.3) is 16.9 Å². The third-order valence-electron chi connectivity index (χ3n) is 3.93. The lowest BCUT2D eigenvalue weighted by atomic mass is 10.1. The summed E-state index contributed by atoms with van der Waals surface area (Å²) >= 11 is 0. The number of hydrogen-bond acceptors (Lipinski definition) is 6. The first kappa shape index (κ1) is 19.8. The summed E-state index contributed by atoms with van der Waals surface area (Å²) in [5.41, 5.74) is 0.820. The number of benzene rings is 2. The Balaban J connectivity index is 2.22. The van der Waals surface area contributed by atoms with Crippen LogP contribution in [0.2, 0.25) is 0 Å². The Labute approximate surface area is 159 Å². The molecule has 0 saturated carbocycles. The van der Waals surface area contributed by atoms with Crippen molar-refractivity contribution in [2.75, 3.05) is 12.4 Å². The van der Waals surface area contributed by atoms with Crippen LogP contribution in [0.3, 0.4) is 0 Å². The molecule has 1 aromatic heterocycles. The molecule has 4 N–H and O–H groups in total. The van der Waals surface area contributed by atoms with Crippen molar-refractivity contribution in [1.29, 1.82) is 0 Å². The first-order valence-corrected chi connectivity index (χ1v) is 10.6. The molecule has 12 heteroatoms. The van der Waals surface area contributed by atoms with Crippen LogP contribution in [-0.4, -0.2) is 42.8 Å². The minimum Gasteiger partial charge on any atom is -0.388 e. The van der Waals surface area contributed by atoms with Crippen LogP contribution < -0.4 is 10.9 Å². The molecule has 0 amide bonds. The largest absolute Gasteiger partial charge is 0.388 e. The second kappa shape index (κ2) is 6.91. The van der Waals surface area contributed by atoms with Crippen molar-refractivity contribution in [1.82, 2.24) is 9.78 Å². The number of hydrogen-bond donors (Lipinski definition) is 4. The second-order valence-electron chi connectivity index (χ2n) is 5.75. The van der Waals surface area contributed by atoms with Gasteiger partial charge in [-0.3, -0.25) is 19.0 Å². The Morgan fingerprint density at radius 3 is 2.29 bits per heavy atom. The highest BCUT2D eigenvalue weighted by atomic mass is 32.2. The van der Waals surface area contributed by atoms with Crippen molar-refractivity contribution < 1.29 is 25.9 Å². The smallest absolute Gasteiger partial charge is 0.296 e. The molecule has 0 aliphatic rings. The fourth-order valence-corrected chi connectivity index (χ4v) is 3.89. The highest BCUT2D eigenvalue weighted by Gasteiger charge is 2.23. The van der Waals surface area contributed by atoms with Gasteiger partial charge in [-0.1, -0.05) is 12.1 Å². The lowest BCUT2D eigenvalue weighted by Gasteiger charge is -2.09. The van der Waals surface area contributed by atoms with E-state index in [0.717, 1.165) is 22.5 Å². The third-order valence-corrected chi connectivity index (χ3v) is 5.66. The van der Waals surface area contributed by atoms with Crippen molar-refractivity contribution in [2.24, 2.45) is 0 Å². The number of aromatic amines is 1. The molecule has 3 rings (SSSR count). The number of aromatic nitrogens is 2. The second-order valence-corrected chi connectivity index (χ2v) is 8.57. The van der Waals surface area contributed by atoms with Gasteiger partial charge in [0.25, 0.3) is 25.8 Å². The molecule has 0 radical (unpaired) electrons. The lowest BCUT2D eigenvalue weighted by molar-refractivity contribution is 0.480. The molecule has 0 saturated heterocycles. The van der Waals surface area contributed by atoms with Gasteiger partial charge in [-0.25, -0.2) is 4.68 Å². The van der Waals surface area contributed by atoms with E-state index < -0.39 is 35.6 Å². The van der Waals surface area contributed by atoms with Crippen LogP contribution in [0.1, 0.15) is 0 Å². The molecular weight excluding hydrogens is 410 g/mol. The van der Waals surface area contributed by atoms with Crippen LogP contribution in [0.15, 0.2) is 63.1 Å². The monoisotopic (exact) mass is 425 g/mol. The van der Waals surface area contributed by atoms with Crippen molar-refractivity contribution in [3.8, 4) is 16.9 Å². The maximum Gasteiger partial charge on any atom is 0.296 e. The van der Waals surface area contributed by atoms with E-state index in [1.54, 1.807) is 25.2 Å². The fourth-order valence-electron chi connectivity index (χ4n) is 2.61. The number of anilines is 1. The standard InChI is InChI=1S/C16H15N3O7S2/c1-17-11-4-2-3-10(7-11)13-9-16(20)19(18-13)14-6-5-12(27(21,22)23)8-15(14)28(24,25)26/h2-9,17-18H,1H3,(H,21,22,23)(H,24,25,26). The van der Waals surface area contributed by atoms with Crippen molar-refractivity contribution >= 4 is 25.9 Å². The Hall–Kier alpha value is -2.93. The van der Waals surface area contributed by atoms with Crippen LogP contribution in [0, 0.1) is 0 Å². The van der Waals surface area contributed by atoms with E-state index in [4.69, 9.17) is 4.55 Å². The quantitative estimate of drug-likeness (QED) is 0.446. The van der Waals surface area contributed by atoms with Gasteiger partial charge in [0.15, 0.2) is 0 Å². The summed E-state index contributed by atoms with van der Waals surface area (Å²) in [6, 6.07) is 10.7. The van der Waals surface area contributed by atoms with Gasteiger partial charge < -0.3 is 5.32 Å². The summed E-state index contributed by atoms with van der Waals surface area (Å²) in [4.78, 5) is 10.8. The molecule has 0 atom stereocenters. The zero-order valence-corrected chi connectivity index (χ0v) is 16.0. The molecule has 0 bridgehead atoms. The summed E-state index contributed by atoms with van der Waals surface area (Å²) in [7, 11) is -7.91. The number of H-pyrrole nitrogens is 1. The van der Waals surface area contributed by atoms with Gasteiger partial charge in [0.05, 0.1) is 16.3 Å². The van der Waals surface area contributed by atoms with E-state index in [1.807, 2.05) is 6.07 Å². The molecule has 1 heterocycles. The van der Waals surface area contributed by atoms with Gasteiger partial charge in [-0.05, 0) is 30.3 Å².